The van der Waals surface area contributed by atoms with Crippen LogP contribution in [0.1, 0.15) is 46.9 Å². The molecule has 2 rings (SSSR count). The highest BCUT2D eigenvalue weighted by Crippen LogP contribution is 2.24. The summed E-state index contributed by atoms with van der Waals surface area (Å²) in [4.78, 5) is 18.8. The van der Waals surface area contributed by atoms with Gasteiger partial charge in [0.05, 0.1) is 5.69 Å². The Morgan fingerprint density at radius 1 is 1.38 bits per heavy atom. The van der Waals surface area contributed by atoms with Crippen molar-refractivity contribution in [1.82, 2.24) is 9.97 Å². The van der Waals surface area contributed by atoms with Crippen LogP contribution in [-0.4, -0.2) is 21.0 Å². The van der Waals surface area contributed by atoms with Crippen molar-refractivity contribution in [3.8, 4) is 5.75 Å². The summed E-state index contributed by atoms with van der Waals surface area (Å²) in [7, 11) is 0. The number of benzene rings is 1. The van der Waals surface area contributed by atoms with E-state index in [1.807, 2.05) is 25.1 Å². The standard InChI is InChI=1S/C16H18N2O3/c1-10(2)13-5-4-12(6-11(13)3)21-8-15-14(16(19)20)7-17-9-18-15/h4-7,9-10H,8H2,1-3H3,(H,19,20). The zero-order valence-corrected chi connectivity index (χ0v) is 12.3. The van der Waals surface area contributed by atoms with E-state index in [4.69, 9.17) is 9.84 Å². The molecule has 1 aromatic carbocycles. The molecule has 2 aromatic rings. The summed E-state index contributed by atoms with van der Waals surface area (Å²) in [6, 6.07) is 5.88. The second kappa shape index (κ2) is 6.35. The number of carboxylic acids is 1. The first-order valence-electron chi connectivity index (χ1n) is 6.74. The lowest BCUT2D eigenvalue weighted by atomic mass is 9.98. The molecule has 5 heteroatoms. The predicted molar refractivity (Wildman–Crippen MR) is 78.6 cm³/mol. The molecule has 5 nitrogen and oxygen atoms in total. The minimum absolute atomic E-state index is 0.0630. The van der Waals surface area contributed by atoms with Crippen LogP contribution < -0.4 is 4.74 Å². The summed E-state index contributed by atoms with van der Waals surface area (Å²) < 4.78 is 5.64. The molecule has 0 aliphatic rings. The SMILES string of the molecule is Cc1cc(OCc2ncncc2C(=O)O)ccc1C(C)C. The van der Waals surface area contributed by atoms with Crippen LogP contribution in [0, 0.1) is 6.92 Å². The van der Waals surface area contributed by atoms with E-state index in [-0.39, 0.29) is 12.2 Å². The Morgan fingerprint density at radius 3 is 2.76 bits per heavy atom. The second-order valence-electron chi connectivity index (χ2n) is 5.15. The Morgan fingerprint density at radius 2 is 2.14 bits per heavy atom. The number of nitrogens with zero attached hydrogens (tertiary/aromatic N) is 2. The van der Waals surface area contributed by atoms with Crippen LogP contribution in [0.25, 0.3) is 0 Å². The van der Waals surface area contributed by atoms with E-state index < -0.39 is 5.97 Å². The van der Waals surface area contributed by atoms with Crippen LogP contribution >= 0.6 is 0 Å². The molecule has 0 bridgehead atoms. The van der Waals surface area contributed by atoms with Gasteiger partial charge in [-0.2, -0.15) is 0 Å². The number of carbonyl (C=O) groups is 1. The van der Waals surface area contributed by atoms with Crippen LogP contribution in [0.15, 0.2) is 30.7 Å². The molecule has 0 spiro atoms. The van der Waals surface area contributed by atoms with Gasteiger partial charge in [-0.15, -0.1) is 0 Å². The summed E-state index contributed by atoms with van der Waals surface area (Å²) >= 11 is 0. The fourth-order valence-corrected chi connectivity index (χ4v) is 2.19. The van der Waals surface area contributed by atoms with Crippen molar-refractivity contribution in [2.24, 2.45) is 0 Å². The quantitative estimate of drug-likeness (QED) is 0.913. The van der Waals surface area contributed by atoms with Crippen molar-refractivity contribution in [3.63, 3.8) is 0 Å². The van der Waals surface area contributed by atoms with Gasteiger partial charge in [0.2, 0.25) is 0 Å². The lowest BCUT2D eigenvalue weighted by Crippen LogP contribution is -2.08. The molecule has 0 fully saturated rings. The molecule has 1 N–H and O–H groups in total. The molecule has 0 radical (unpaired) electrons. The van der Waals surface area contributed by atoms with Crippen molar-refractivity contribution < 1.29 is 14.6 Å². The lowest BCUT2D eigenvalue weighted by molar-refractivity contribution is 0.0692. The molecule has 0 aliphatic heterocycles. The van der Waals surface area contributed by atoms with Gasteiger partial charge in [-0.05, 0) is 36.1 Å². The first-order valence-corrected chi connectivity index (χ1v) is 6.74. The molecule has 0 saturated carbocycles. The molecule has 0 amide bonds. The minimum atomic E-state index is -1.06. The monoisotopic (exact) mass is 286 g/mol. The fourth-order valence-electron chi connectivity index (χ4n) is 2.19. The van der Waals surface area contributed by atoms with Gasteiger partial charge in [-0.3, -0.25) is 0 Å². The topological polar surface area (TPSA) is 72.3 Å². The van der Waals surface area contributed by atoms with Crippen molar-refractivity contribution in [2.45, 2.75) is 33.3 Å². The summed E-state index contributed by atoms with van der Waals surface area (Å²) in [6.45, 7) is 6.42. The molecule has 0 atom stereocenters. The van der Waals surface area contributed by atoms with E-state index in [0.717, 1.165) is 5.56 Å². The van der Waals surface area contributed by atoms with Gasteiger partial charge in [0, 0.05) is 6.20 Å². The third kappa shape index (κ3) is 3.56. The van der Waals surface area contributed by atoms with Crippen molar-refractivity contribution in [1.29, 1.82) is 0 Å². The molecule has 110 valence electrons. The Kier molecular flexibility index (Phi) is 4.52. The van der Waals surface area contributed by atoms with Gasteiger partial charge in [0.1, 0.15) is 24.2 Å². The highest BCUT2D eigenvalue weighted by atomic mass is 16.5. The average Bonchev–Trinajstić information content (AvgIpc) is 2.45. The highest BCUT2D eigenvalue weighted by molar-refractivity contribution is 5.88. The van der Waals surface area contributed by atoms with Crippen LogP contribution in [0.4, 0.5) is 0 Å². The number of aromatic carboxylic acids is 1. The minimum Gasteiger partial charge on any atom is -0.487 e. The van der Waals surface area contributed by atoms with E-state index >= 15 is 0 Å². The Hall–Kier alpha value is -2.43. The first-order chi connectivity index (χ1) is 9.99. The van der Waals surface area contributed by atoms with Crippen LogP contribution in [0.5, 0.6) is 5.75 Å². The predicted octanol–water partition coefficient (Wildman–Crippen LogP) is 3.19. The highest BCUT2D eigenvalue weighted by Gasteiger charge is 2.12. The van der Waals surface area contributed by atoms with E-state index in [0.29, 0.717) is 17.4 Å². The summed E-state index contributed by atoms with van der Waals surface area (Å²) in [6.07, 6.45) is 2.60. The fraction of sp³-hybridized carbons (Fsp3) is 0.312. The Balaban J connectivity index is 2.14. The molecular weight excluding hydrogens is 268 g/mol. The zero-order valence-electron chi connectivity index (χ0n) is 12.3. The van der Waals surface area contributed by atoms with Gasteiger partial charge in [0.15, 0.2) is 0 Å². The normalized spacial score (nSPS) is 10.7. The Bertz CT molecular complexity index is 654. The molecule has 1 aromatic heterocycles. The van der Waals surface area contributed by atoms with Crippen LogP contribution in [0.2, 0.25) is 0 Å². The molecule has 21 heavy (non-hydrogen) atoms. The maximum atomic E-state index is 11.1. The van der Waals surface area contributed by atoms with Crippen molar-refractivity contribution in [3.05, 3.63) is 53.1 Å². The molecule has 0 aliphatic carbocycles. The molecular formula is C16H18N2O3. The summed E-state index contributed by atoms with van der Waals surface area (Å²) in [5, 5.41) is 9.07. The third-order valence-corrected chi connectivity index (χ3v) is 3.26. The number of ether oxygens (including phenoxy) is 1. The van der Waals surface area contributed by atoms with Crippen molar-refractivity contribution >= 4 is 5.97 Å². The van der Waals surface area contributed by atoms with Gasteiger partial charge in [0.25, 0.3) is 0 Å². The number of aryl methyl sites for hydroxylation is 1. The van der Waals surface area contributed by atoms with Gasteiger partial charge >= 0.3 is 5.97 Å². The number of carboxylic acid groups (broad SMARTS) is 1. The molecule has 1 heterocycles. The second-order valence-corrected chi connectivity index (χ2v) is 5.15. The van der Waals surface area contributed by atoms with E-state index in [1.54, 1.807) is 0 Å². The number of hydrogen-bond acceptors (Lipinski definition) is 4. The zero-order chi connectivity index (χ0) is 15.4. The summed E-state index contributed by atoms with van der Waals surface area (Å²) in [5.41, 5.74) is 2.86. The maximum Gasteiger partial charge on any atom is 0.339 e. The van der Waals surface area contributed by atoms with E-state index in [1.165, 1.54) is 18.1 Å². The number of rotatable bonds is 5. The third-order valence-electron chi connectivity index (χ3n) is 3.26. The average molecular weight is 286 g/mol. The van der Waals surface area contributed by atoms with Crippen LogP contribution in [0.3, 0.4) is 0 Å². The van der Waals surface area contributed by atoms with Crippen molar-refractivity contribution in [2.75, 3.05) is 0 Å². The number of aromatic nitrogens is 2. The lowest BCUT2D eigenvalue weighted by Gasteiger charge is -2.12. The molecule has 0 saturated heterocycles. The largest absolute Gasteiger partial charge is 0.487 e. The maximum absolute atomic E-state index is 11.1. The summed E-state index contributed by atoms with van der Waals surface area (Å²) in [5.74, 6) is 0.104. The van der Waals surface area contributed by atoms with Gasteiger partial charge in [-0.25, -0.2) is 14.8 Å². The van der Waals surface area contributed by atoms with E-state index in [2.05, 4.69) is 23.8 Å². The number of hydrogen-bond donors (Lipinski definition) is 1. The first kappa shape index (κ1) is 15.0. The Labute approximate surface area is 123 Å². The molecule has 0 unspecified atom stereocenters. The van der Waals surface area contributed by atoms with Gasteiger partial charge < -0.3 is 9.84 Å². The van der Waals surface area contributed by atoms with E-state index in [9.17, 15) is 4.79 Å². The van der Waals surface area contributed by atoms with Crippen LogP contribution in [-0.2, 0) is 6.61 Å². The smallest absolute Gasteiger partial charge is 0.339 e. The van der Waals surface area contributed by atoms with Gasteiger partial charge in [-0.1, -0.05) is 19.9 Å².